The van der Waals surface area contributed by atoms with E-state index in [1.807, 2.05) is 13.8 Å². The summed E-state index contributed by atoms with van der Waals surface area (Å²) in [6, 6.07) is -0.0487. The van der Waals surface area contributed by atoms with Gasteiger partial charge in [-0.3, -0.25) is 4.79 Å². The molecule has 0 aliphatic carbocycles. The monoisotopic (exact) mass is 141 g/mol. The van der Waals surface area contributed by atoms with Gasteiger partial charge in [-0.2, -0.15) is 0 Å². The lowest BCUT2D eigenvalue weighted by atomic mass is 9.97. The molecule has 0 saturated carbocycles. The Bertz CT molecular complexity index is 129. The summed E-state index contributed by atoms with van der Waals surface area (Å²) < 4.78 is 0. The summed E-state index contributed by atoms with van der Waals surface area (Å²) in [6.07, 6.45) is 2.05. The van der Waals surface area contributed by atoms with E-state index in [4.69, 9.17) is 5.73 Å². The van der Waals surface area contributed by atoms with Crippen LogP contribution in [0.5, 0.6) is 0 Å². The summed E-state index contributed by atoms with van der Waals surface area (Å²) in [5.74, 6) is 0.128. The van der Waals surface area contributed by atoms with E-state index in [-0.39, 0.29) is 17.7 Å². The maximum atomic E-state index is 11.0. The van der Waals surface area contributed by atoms with Gasteiger partial charge in [0.05, 0.1) is 0 Å². The van der Waals surface area contributed by atoms with Crippen LogP contribution in [0.3, 0.4) is 0 Å². The van der Waals surface area contributed by atoms with Crippen molar-refractivity contribution in [3.63, 3.8) is 0 Å². The summed E-state index contributed by atoms with van der Waals surface area (Å²) >= 11 is 0. The summed E-state index contributed by atoms with van der Waals surface area (Å²) in [6.45, 7) is 7.16. The molecule has 0 aliphatic heterocycles. The zero-order valence-corrected chi connectivity index (χ0v) is 6.63. The van der Waals surface area contributed by atoms with Crippen LogP contribution in [0.25, 0.3) is 0 Å². The third kappa shape index (κ3) is 2.78. The lowest BCUT2D eigenvalue weighted by molar-refractivity contribution is -0.121. The summed E-state index contributed by atoms with van der Waals surface area (Å²) in [5.41, 5.74) is 5.51. The minimum Gasteiger partial charge on any atom is -0.327 e. The first-order valence-corrected chi connectivity index (χ1v) is 3.48. The number of nitrogens with two attached hydrogens (primary N) is 1. The van der Waals surface area contributed by atoms with Gasteiger partial charge in [-0.15, -0.1) is 6.58 Å². The molecular formula is C8H15NO. The molecule has 2 nitrogen and oxygen atoms in total. The van der Waals surface area contributed by atoms with Crippen LogP contribution in [-0.2, 0) is 4.79 Å². The maximum absolute atomic E-state index is 11.0. The smallest absolute Gasteiger partial charge is 0.140 e. The van der Waals surface area contributed by atoms with Crippen molar-refractivity contribution in [2.45, 2.75) is 26.3 Å². The first-order chi connectivity index (χ1) is 4.59. The first-order valence-electron chi connectivity index (χ1n) is 3.48. The van der Waals surface area contributed by atoms with Gasteiger partial charge in [0.1, 0.15) is 5.78 Å². The summed E-state index contributed by atoms with van der Waals surface area (Å²) in [4.78, 5) is 11.0. The Balaban J connectivity index is 3.81. The molecular weight excluding hydrogens is 126 g/mol. The van der Waals surface area contributed by atoms with Crippen molar-refractivity contribution in [3.8, 4) is 0 Å². The molecule has 0 radical (unpaired) electrons. The van der Waals surface area contributed by atoms with Gasteiger partial charge in [-0.1, -0.05) is 13.0 Å². The van der Waals surface area contributed by atoms with Crippen molar-refractivity contribution >= 4 is 5.78 Å². The van der Waals surface area contributed by atoms with E-state index in [0.717, 1.165) is 0 Å². The number of allylic oxidation sites excluding steroid dienone is 1. The molecule has 0 rings (SSSR count). The molecule has 0 aromatic carbocycles. The Kier molecular flexibility index (Phi) is 3.96. The van der Waals surface area contributed by atoms with Crippen LogP contribution in [-0.4, -0.2) is 11.8 Å². The second kappa shape index (κ2) is 4.23. The average molecular weight is 141 g/mol. The zero-order valence-electron chi connectivity index (χ0n) is 6.63. The van der Waals surface area contributed by atoms with E-state index in [1.54, 1.807) is 6.08 Å². The molecule has 2 N–H and O–H groups in total. The van der Waals surface area contributed by atoms with E-state index in [9.17, 15) is 4.79 Å². The van der Waals surface area contributed by atoms with Gasteiger partial charge >= 0.3 is 0 Å². The average Bonchev–Trinajstić information content (AvgIpc) is 1.87. The highest BCUT2D eigenvalue weighted by molar-refractivity contribution is 5.82. The van der Waals surface area contributed by atoms with E-state index >= 15 is 0 Å². The molecule has 2 unspecified atom stereocenters. The van der Waals surface area contributed by atoms with Crippen molar-refractivity contribution in [3.05, 3.63) is 12.7 Å². The second-order valence-corrected chi connectivity index (χ2v) is 2.61. The van der Waals surface area contributed by atoms with Gasteiger partial charge in [0.15, 0.2) is 0 Å². The van der Waals surface area contributed by atoms with E-state index in [0.29, 0.717) is 6.42 Å². The molecule has 58 valence electrons. The van der Waals surface area contributed by atoms with E-state index in [1.165, 1.54) is 0 Å². The number of hydrogen-bond donors (Lipinski definition) is 1. The summed E-state index contributed by atoms with van der Waals surface area (Å²) in [5, 5.41) is 0. The van der Waals surface area contributed by atoms with Crippen LogP contribution in [0, 0.1) is 5.92 Å². The van der Waals surface area contributed by atoms with Crippen LogP contribution >= 0.6 is 0 Å². The van der Waals surface area contributed by atoms with Gasteiger partial charge in [0.25, 0.3) is 0 Å². The van der Waals surface area contributed by atoms with Crippen molar-refractivity contribution in [2.75, 3.05) is 0 Å². The Morgan fingerprint density at radius 1 is 1.70 bits per heavy atom. The Morgan fingerprint density at radius 3 is 2.50 bits per heavy atom. The van der Waals surface area contributed by atoms with Gasteiger partial charge in [0, 0.05) is 18.4 Å². The van der Waals surface area contributed by atoms with Gasteiger partial charge in [-0.25, -0.2) is 0 Å². The van der Waals surface area contributed by atoms with Crippen molar-refractivity contribution < 1.29 is 4.79 Å². The maximum Gasteiger partial charge on any atom is 0.140 e. The van der Waals surface area contributed by atoms with Crippen molar-refractivity contribution in [1.82, 2.24) is 0 Å². The Labute approximate surface area is 62.1 Å². The molecule has 0 aliphatic rings. The molecule has 10 heavy (non-hydrogen) atoms. The topological polar surface area (TPSA) is 43.1 Å². The predicted molar refractivity (Wildman–Crippen MR) is 42.6 cm³/mol. The van der Waals surface area contributed by atoms with Crippen molar-refractivity contribution in [2.24, 2.45) is 11.7 Å². The predicted octanol–water partition coefficient (Wildman–Crippen LogP) is 1.11. The standard InChI is InChI=1S/C8H15NO/c1-4-5-8(10)6(2)7(3)9/h4,6-7H,1,5,9H2,2-3H3. The fraction of sp³-hybridized carbons (Fsp3) is 0.625. The van der Waals surface area contributed by atoms with Crippen LogP contribution in [0.2, 0.25) is 0 Å². The molecule has 0 aromatic rings. The molecule has 0 saturated heterocycles. The third-order valence-corrected chi connectivity index (χ3v) is 1.64. The minimum atomic E-state index is -0.0487. The Hall–Kier alpha value is -0.630. The molecule has 0 fully saturated rings. The molecule has 0 bridgehead atoms. The van der Waals surface area contributed by atoms with Crippen molar-refractivity contribution in [1.29, 1.82) is 0 Å². The fourth-order valence-electron chi connectivity index (χ4n) is 0.621. The van der Waals surface area contributed by atoms with Crippen LogP contribution < -0.4 is 5.73 Å². The van der Waals surface area contributed by atoms with Crippen LogP contribution in [0.4, 0.5) is 0 Å². The fourth-order valence-corrected chi connectivity index (χ4v) is 0.621. The number of rotatable bonds is 4. The highest BCUT2D eigenvalue weighted by Gasteiger charge is 2.14. The zero-order chi connectivity index (χ0) is 8.15. The highest BCUT2D eigenvalue weighted by Crippen LogP contribution is 2.04. The molecule has 2 heteroatoms. The second-order valence-electron chi connectivity index (χ2n) is 2.61. The number of hydrogen-bond acceptors (Lipinski definition) is 2. The quantitative estimate of drug-likeness (QED) is 0.596. The molecule has 0 heterocycles. The molecule has 2 atom stereocenters. The number of carbonyl (C=O) groups is 1. The molecule has 0 amide bonds. The normalized spacial score (nSPS) is 15.9. The minimum absolute atomic E-state index is 0.0435. The van der Waals surface area contributed by atoms with Gasteiger partial charge in [0.2, 0.25) is 0 Å². The number of Topliss-reactive ketones (excluding diaryl/α,β-unsaturated/α-hetero) is 1. The van der Waals surface area contributed by atoms with Gasteiger partial charge < -0.3 is 5.73 Å². The summed E-state index contributed by atoms with van der Waals surface area (Å²) in [7, 11) is 0. The van der Waals surface area contributed by atoms with Crippen LogP contribution in [0.15, 0.2) is 12.7 Å². The lowest BCUT2D eigenvalue weighted by Crippen LogP contribution is -2.30. The molecule has 0 aromatic heterocycles. The largest absolute Gasteiger partial charge is 0.327 e. The third-order valence-electron chi connectivity index (χ3n) is 1.64. The number of carbonyl (C=O) groups excluding carboxylic acids is 1. The van der Waals surface area contributed by atoms with E-state index in [2.05, 4.69) is 6.58 Å². The van der Waals surface area contributed by atoms with Crippen LogP contribution in [0.1, 0.15) is 20.3 Å². The highest BCUT2D eigenvalue weighted by atomic mass is 16.1. The molecule has 0 spiro atoms. The lowest BCUT2D eigenvalue weighted by Gasteiger charge is -2.12. The number of ketones is 1. The SMILES string of the molecule is C=CCC(=O)C(C)C(C)N. The first kappa shape index (κ1) is 9.37. The van der Waals surface area contributed by atoms with Gasteiger partial charge in [-0.05, 0) is 6.92 Å². The van der Waals surface area contributed by atoms with E-state index < -0.39 is 0 Å². The Morgan fingerprint density at radius 2 is 2.20 bits per heavy atom.